The number of aromatic nitrogens is 1. The minimum atomic E-state index is -4.37. The normalized spacial score (nSPS) is 11.2. The summed E-state index contributed by atoms with van der Waals surface area (Å²) in [6.07, 6.45) is -3.97. The van der Waals surface area contributed by atoms with E-state index in [-0.39, 0.29) is 27.8 Å². The van der Waals surface area contributed by atoms with Crippen LogP contribution in [0.4, 0.5) is 33.9 Å². The van der Waals surface area contributed by atoms with Gasteiger partial charge in [0.1, 0.15) is 23.9 Å². The van der Waals surface area contributed by atoms with Crippen LogP contribution in [0.1, 0.15) is 0 Å². The van der Waals surface area contributed by atoms with Crippen LogP contribution in [0.2, 0.25) is 5.02 Å². The molecule has 0 saturated carbocycles. The molecule has 1 heterocycles. The summed E-state index contributed by atoms with van der Waals surface area (Å²) in [6.45, 7) is -1.16. The van der Waals surface area contributed by atoms with E-state index < -0.39 is 24.6 Å². The lowest BCUT2D eigenvalue weighted by atomic mass is 10.1. The molecule has 0 aliphatic carbocycles. The number of carbonyl (C=O) groups is 1. The van der Waals surface area contributed by atoms with Gasteiger partial charge in [-0.3, -0.25) is 5.32 Å². The Labute approximate surface area is 180 Å². The number of alkyl halides is 3. The molecule has 0 fully saturated rings. The van der Waals surface area contributed by atoms with Crippen molar-refractivity contribution >= 4 is 29.2 Å². The molecule has 162 valence electrons. The van der Waals surface area contributed by atoms with Crippen LogP contribution in [0.25, 0.3) is 11.1 Å². The van der Waals surface area contributed by atoms with Gasteiger partial charge in [-0.1, -0.05) is 29.8 Å². The molecule has 0 saturated heterocycles. The molecule has 1 N–H and O–H groups in total. The smallest absolute Gasteiger partial charge is 0.410 e. The number of benzene rings is 2. The molecular formula is C21H16ClF4N3O2. The van der Waals surface area contributed by atoms with Gasteiger partial charge >= 0.3 is 12.3 Å². The molecular weight excluding hydrogens is 438 g/mol. The highest BCUT2D eigenvalue weighted by atomic mass is 35.5. The third-order valence-electron chi connectivity index (χ3n) is 4.11. The molecule has 0 spiro atoms. The van der Waals surface area contributed by atoms with Crippen molar-refractivity contribution in [3.05, 3.63) is 71.6 Å². The average molecular weight is 454 g/mol. The summed E-state index contributed by atoms with van der Waals surface area (Å²) in [7, 11) is 1.26. The van der Waals surface area contributed by atoms with Gasteiger partial charge in [-0.2, -0.15) is 13.2 Å². The lowest BCUT2D eigenvalue weighted by Gasteiger charge is -2.20. The van der Waals surface area contributed by atoms with Gasteiger partial charge in [0, 0.05) is 24.4 Å². The van der Waals surface area contributed by atoms with Gasteiger partial charge in [0.15, 0.2) is 0 Å². The van der Waals surface area contributed by atoms with E-state index in [1.54, 1.807) is 30.3 Å². The second-order valence-electron chi connectivity index (χ2n) is 6.52. The van der Waals surface area contributed by atoms with Gasteiger partial charge in [0.05, 0.1) is 10.7 Å². The summed E-state index contributed by atoms with van der Waals surface area (Å²) in [5.41, 5.74) is 0.467. The van der Waals surface area contributed by atoms with Gasteiger partial charge in [-0.25, -0.2) is 14.2 Å². The van der Waals surface area contributed by atoms with E-state index in [9.17, 15) is 22.4 Å². The van der Waals surface area contributed by atoms with Crippen LogP contribution in [0.15, 0.2) is 60.8 Å². The first-order valence-electron chi connectivity index (χ1n) is 8.89. The highest BCUT2D eigenvalue weighted by Crippen LogP contribution is 2.33. The number of anilines is 2. The number of nitrogens with zero attached hydrogens (tertiary/aromatic N) is 2. The Balaban J connectivity index is 1.75. The summed E-state index contributed by atoms with van der Waals surface area (Å²) in [5, 5.41) is 2.38. The molecule has 2 aromatic carbocycles. The molecule has 10 heteroatoms. The monoisotopic (exact) mass is 453 g/mol. The highest BCUT2D eigenvalue weighted by Gasteiger charge is 2.29. The standard InChI is InChI=1S/C21H16ClF4N3O2/c1-29(12-21(24,25)26)19-8-7-13(11-27-19)15-9-17(23)18(10-16(15)22)28-20(30)31-14-5-3-2-4-6-14/h2-11H,12H2,1H3,(H,28,30). The van der Waals surface area contributed by atoms with Crippen LogP contribution in [0, 0.1) is 5.82 Å². The fraction of sp³-hybridized carbons (Fsp3) is 0.143. The molecule has 31 heavy (non-hydrogen) atoms. The highest BCUT2D eigenvalue weighted by molar-refractivity contribution is 6.33. The Morgan fingerprint density at radius 3 is 2.48 bits per heavy atom. The van der Waals surface area contributed by atoms with E-state index in [1.165, 1.54) is 31.4 Å². The number of nitrogens with one attached hydrogen (secondary N) is 1. The molecule has 1 aromatic heterocycles. The third kappa shape index (κ3) is 6.08. The topological polar surface area (TPSA) is 54.5 Å². The van der Waals surface area contributed by atoms with Crippen molar-refractivity contribution in [1.29, 1.82) is 0 Å². The van der Waals surface area contributed by atoms with Crippen LogP contribution in [-0.4, -0.2) is 30.8 Å². The Kier molecular flexibility index (Phi) is 6.65. The predicted octanol–water partition coefficient (Wildman–Crippen LogP) is 6.15. The number of ether oxygens (including phenoxy) is 1. The molecule has 0 radical (unpaired) electrons. The molecule has 3 aromatic rings. The predicted molar refractivity (Wildman–Crippen MR) is 110 cm³/mol. The zero-order valence-corrected chi connectivity index (χ0v) is 16.8. The quantitative estimate of drug-likeness (QED) is 0.471. The summed E-state index contributed by atoms with van der Waals surface area (Å²) in [4.78, 5) is 16.9. The van der Waals surface area contributed by atoms with E-state index in [2.05, 4.69) is 10.3 Å². The van der Waals surface area contributed by atoms with Crippen LogP contribution in [-0.2, 0) is 0 Å². The number of rotatable bonds is 5. The Hall–Kier alpha value is -3.33. The van der Waals surface area contributed by atoms with Crippen LogP contribution in [0.5, 0.6) is 5.75 Å². The second kappa shape index (κ2) is 9.22. The van der Waals surface area contributed by atoms with Gasteiger partial charge in [-0.05, 0) is 36.4 Å². The van der Waals surface area contributed by atoms with E-state index in [1.807, 2.05) is 0 Å². The summed E-state index contributed by atoms with van der Waals surface area (Å²) < 4.78 is 57.1. The van der Waals surface area contributed by atoms with Gasteiger partial charge < -0.3 is 9.64 Å². The molecule has 0 atom stereocenters. The first-order chi connectivity index (χ1) is 14.6. The maximum Gasteiger partial charge on any atom is 0.417 e. The summed E-state index contributed by atoms with van der Waals surface area (Å²) in [5.74, 6) is -0.396. The Morgan fingerprint density at radius 2 is 1.87 bits per heavy atom. The number of pyridine rings is 1. The van der Waals surface area contributed by atoms with Crippen LogP contribution >= 0.6 is 11.6 Å². The molecule has 0 unspecified atom stereocenters. The minimum absolute atomic E-state index is 0.0969. The molecule has 1 amide bonds. The Bertz CT molecular complexity index is 1060. The number of para-hydroxylation sites is 1. The average Bonchev–Trinajstić information content (AvgIpc) is 2.70. The van der Waals surface area contributed by atoms with Gasteiger partial charge in [0.25, 0.3) is 0 Å². The van der Waals surface area contributed by atoms with Crippen LogP contribution in [0.3, 0.4) is 0 Å². The van der Waals surface area contributed by atoms with Crippen molar-refractivity contribution in [2.75, 3.05) is 23.8 Å². The lowest BCUT2D eigenvalue weighted by molar-refractivity contribution is -0.119. The van der Waals surface area contributed by atoms with E-state index in [0.29, 0.717) is 5.56 Å². The van der Waals surface area contributed by atoms with Crippen molar-refractivity contribution in [2.24, 2.45) is 0 Å². The lowest BCUT2D eigenvalue weighted by Crippen LogP contribution is -2.31. The summed E-state index contributed by atoms with van der Waals surface area (Å²) in [6, 6.07) is 13.4. The zero-order chi connectivity index (χ0) is 22.6. The molecule has 0 aliphatic heterocycles. The van der Waals surface area contributed by atoms with Gasteiger partial charge in [-0.15, -0.1) is 0 Å². The van der Waals surface area contributed by atoms with E-state index >= 15 is 0 Å². The number of hydrogen-bond acceptors (Lipinski definition) is 4. The number of hydrogen-bond donors (Lipinski definition) is 1. The largest absolute Gasteiger partial charge is 0.417 e. The van der Waals surface area contributed by atoms with Crippen molar-refractivity contribution < 1.29 is 27.1 Å². The second-order valence-corrected chi connectivity index (χ2v) is 6.92. The molecule has 3 rings (SSSR count). The Morgan fingerprint density at radius 1 is 1.16 bits per heavy atom. The van der Waals surface area contributed by atoms with Crippen molar-refractivity contribution in [3.8, 4) is 16.9 Å². The van der Waals surface area contributed by atoms with E-state index in [4.69, 9.17) is 16.3 Å². The third-order valence-corrected chi connectivity index (χ3v) is 4.43. The maximum absolute atomic E-state index is 14.5. The summed E-state index contributed by atoms with van der Waals surface area (Å²) >= 11 is 6.22. The fourth-order valence-corrected chi connectivity index (χ4v) is 2.99. The van der Waals surface area contributed by atoms with Crippen LogP contribution < -0.4 is 15.0 Å². The molecule has 5 nitrogen and oxygen atoms in total. The van der Waals surface area contributed by atoms with Crippen molar-refractivity contribution in [2.45, 2.75) is 6.18 Å². The number of halogens is 5. The molecule has 0 bridgehead atoms. The van der Waals surface area contributed by atoms with Gasteiger partial charge in [0.2, 0.25) is 0 Å². The minimum Gasteiger partial charge on any atom is -0.410 e. The zero-order valence-electron chi connectivity index (χ0n) is 16.1. The molecule has 0 aliphatic rings. The van der Waals surface area contributed by atoms with Crippen molar-refractivity contribution in [1.82, 2.24) is 4.98 Å². The fourth-order valence-electron chi connectivity index (χ4n) is 2.72. The number of carbonyl (C=O) groups excluding carboxylic acids is 1. The van der Waals surface area contributed by atoms with Crippen molar-refractivity contribution in [3.63, 3.8) is 0 Å². The number of amides is 1. The van der Waals surface area contributed by atoms with E-state index in [0.717, 1.165) is 11.0 Å². The first-order valence-corrected chi connectivity index (χ1v) is 9.27. The first kappa shape index (κ1) is 22.4. The SMILES string of the molecule is CN(CC(F)(F)F)c1ccc(-c2cc(F)c(NC(=O)Oc3ccccc3)cc2Cl)cn1. The maximum atomic E-state index is 14.5.